The quantitative estimate of drug-likeness (QED) is 0.675. The fourth-order valence-corrected chi connectivity index (χ4v) is 3.04. The second kappa shape index (κ2) is 8.20. The predicted octanol–water partition coefficient (Wildman–Crippen LogP) is 3.44. The molecule has 18 heavy (non-hydrogen) atoms. The van der Waals surface area contributed by atoms with Crippen molar-refractivity contribution in [2.45, 2.75) is 33.1 Å². The second-order valence-electron chi connectivity index (χ2n) is 4.92. The summed E-state index contributed by atoms with van der Waals surface area (Å²) in [5, 5.41) is 0. The summed E-state index contributed by atoms with van der Waals surface area (Å²) in [4.78, 5) is 11.8. The minimum atomic E-state index is -0.766. The summed E-state index contributed by atoms with van der Waals surface area (Å²) in [5.74, 6) is 2.15. The molecule has 3 heteroatoms. The highest BCUT2D eigenvalue weighted by molar-refractivity contribution is 7.84. The zero-order chi connectivity index (χ0) is 13.4. The maximum Gasteiger partial charge on any atom is 0.162 e. The Kier molecular flexibility index (Phi) is 6.88. The van der Waals surface area contributed by atoms with Gasteiger partial charge in [-0.15, -0.1) is 0 Å². The Bertz CT molecular complexity index is 385. The van der Waals surface area contributed by atoms with Crippen molar-refractivity contribution in [1.82, 2.24) is 0 Å². The minimum Gasteiger partial charge on any atom is -0.294 e. The number of ketones is 1. The lowest BCUT2D eigenvalue weighted by Crippen LogP contribution is -2.07. The largest absolute Gasteiger partial charge is 0.294 e. The zero-order valence-electron chi connectivity index (χ0n) is 11.2. The van der Waals surface area contributed by atoms with Crippen molar-refractivity contribution < 1.29 is 9.00 Å². The third-order valence-corrected chi connectivity index (χ3v) is 4.23. The Morgan fingerprint density at radius 3 is 2.44 bits per heavy atom. The van der Waals surface area contributed by atoms with Gasteiger partial charge in [-0.2, -0.15) is 0 Å². The fraction of sp³-hybridized carbons (Fsp3) is 0.533. The van der Waals surface area contributed by atoms with E-state index in [2.05, 4.69) is 13.8 Å². The Morgan fingerprint density at radius 2 is 1.83 bits per heavy atom. The molecule has 1 atom stereocenters. The van der Waals surface area contributed by atoms with E-state index >= 15 is 0 Å². The molecule has 0 radical (unpaired) electrons. The van der Waals surface area contributed by atoms with Crippen molar-refractivity contribution in [2.75, 3.05) is 11.5 Å². The molecule has 1 unspecified atom stereocenters. The maximum atomic E-state index is 11.8. The standard InChI is InChI=1S/C15H22O2S/c1-13(2)10-12-18(17)11-6-9-15(16)14-7-4-3-5-8-14/h3-5,7-8,13H,6,9-12H2,1-2H3. The van der Waals surface area contributed by atoms with Crippen LogP contribution in [-0.2, 0) is 10.8 Å². The van der Waals surface area contributed by atoms with Crippen molar-refractivity contribution in [3.05, 3.63) is 35.9 Å². The topological polar surface area (TPSA) is 34.1 Å². The molecule has 0 saturated carbocycles. The van der Waals surface area contributed by atoms with Gasteiger partial charge in [-0.1, -0.05) is 44.2 Å². The number of hydrogen-bond donors (Lipinski definition) is 0. The second-order valence-corrected chi connectivity index (χ2v) is 6.62. The molecule has 0 saturated heterocycles. The Balaban J connectivity index is 2.22. The number of rotatable bonds is 8. The van der Waals surface area contributed by atoms with Crippen LogP contribution in [0.15, 0.2) is 30.3 Å². The Morgan fingerprint density at radius 1 is 1.17 bits per heavy atom. The molecule has 0 heterocycles. The van der Waals surface area contributed by atoms with E-state index in [1.807, 2.05) is 30.3 Å². The number of carbonyl (C=O) groups is 1. The van der Waals surface area contributed by atoms with Gasteiger partial charge in [-0.05, 0) is 18.8 Å². The van der Waals surface area contributed by atoms with E-state index in [1.165, 1.54) is 0 Å². The van der Waals surface area contributed by atoms with Gasteiger partial charge in [0, 0.05) is 34.3 Å². The monoisotopic (exact) mass is 266 g/mol. The maximum absolute atomic E-state index is 11.8. The van der Waals surface area contributed by atoms with Crippen LogP contribution in [-0.4, -0.2) is 21.5 Å². The van der Waals surface area contributed by atoms with Gasteiger partial charge < -0.3 is 0 Å². The zero-order valence-corrected chi connectivity index (χ0v) is 12.0. The first-order valence-electron chi connectivity index (χ1n) is 6.53. The highest BCUT2D eigenvalue weighted by atomic mass is 32.2. The molecule has 0 aliphatic heterocycles. The first-order valence-corrected chi connectivity index (χ1v) is 8.01. The van der Waals surface area contributed by atoms with Crippen LogP contribution >= 0.6 is 0 Å². The Labute approximate surface area is 112 Å². The van der Waals surface area contributed by atoms with E-state index < -0.39 is 10.8 Å². The molecule has 0 spiro atoms. The van der Waals surface area contributed by atoms with Crippen LogP contribution in [0.3, 0.4) is 0 Å². The van der Waals surface area contributed by atoms with Crippen LogP contribution in [0.25, 0.3) is 0 Å². The molecule has 0 aliphatic rings. The van der Waals surface area contributed by atoms with E-state index in [0.717, 1.165) is 24.2 Å². The van der Waals surface area contributed by atoms with E-state index in [4.69, 9.17) is 0 Å². The van der Waals surface area contributed by atoms with Gasteiger partial charge in [0.1, 0.15) is 0 Å². The summed E-state index contributed by atoms with van der Waals surface area (Å²) in [7, 11) is -0.766. The summed E-state index contributed by atoms with van der Waals surface area (Å²) >= 11 is 0. The highest BCUT2D eigenvalue weighted by Crippen LogP contribution is 2.07. The molecule has 1 aromatic carbocycles. The van der Waals surface area contributed by atoms with E-state index in [9.17, 15) is 9.00 Å². The summed E-state index contributed by atoms with van der Waals surface area (Å²) in [6, 6.07) is 9.30. The number of carbonyl (C=O) groups excluding carboxylic acids is 1. The lowest BCUT2D eigenvalue weighted by Gasteiger charge is -2.04. The summed E-state index contributed by atoms with van der Waals surface area (Å²) in [5.41, 5.74) is 0.755. The summed E-state index contributed by atoms with van der Waals surface area (Å²) < 4.78 is 11.7. The first-order chi connectivity index (χ1) is 8.59. The molecule has 0 aliphatic carbocycles. The van der Waals surface area contributed by atoms with Crippen molar-refractivity contribution in [3.8, 4) is 0 Å². The normalized spacial score (nSPS) is 12.6. The molecule has 1 aromatic rings. The Hall–Kier alpha value is -0.960. The smallest absolute Gasteiger partial charge is 0.162 e. The molecule has 0 fully saturated rings. The van der Waals surface area contributed by atoms with E-state index in [1.54, 1.807) is 0 Å². The van der Waals surface area contributed by atoms with Crippen LogP contribution in [0.4, 0.5) is 0 Å². The van der Waals surface area contributed by atoms with Crippen LogP contribution in [0.5, 0.6) is 0 Å². The lowest BCUT2D eigenvalue weighted by atomic mass is 10.1. The van der Waals surface area contributed by atoms with E-state index in [-0.39, 0.29) is 5.78 Å². The molecular weight excluding hydrogens is 244 g/mol. The SMILES string of the molecule is CC(C)CCS(=O)CCCC(=O)c1ccccc1. The lowest BCUT2D eigenvalue weighted by molar-refractivity contribution is 0.0982. The number of benzene rings is 1. The van der Waals surface area contributed by atoms with Crippen LogP contribution in [0.1, 0.15) is 43.5 Å². The summed E-state index contributed by atoms with van der Waals surface area (Å²) in [6.07, 6.45) is 2.22. The van der Waals surface area contributed by atoms with Crippen molar-refractivity contribution >= 4 is 16.6 Å². The van der Waals surface area contributed by atoms with Gasteiger partial charge in [-0.3, -0.25) is 9.00 Å². The van der Waals surface area contributed by atoms with Gasteiger partial charge in [0.2, 0.25) is 0 Å². The fourth-order valence-electron chi connectivity index (χ4n) is 1.63. The third kappa shape index (κ3) is 6.10. The van der Waals surface area contributed by atoms with Crippen molar-refractivity contribution in [1.29, 1.82) is 0 Å². The molecule has 2 nitrogen and oxygen atoms in total. The van der Waals surface area contributed by atoms with Gasteiger partial charge >= 0.3 is 0 Å². The molecule has 1 rings (SSSR count). The number of Topliss-reactive ketones (excluding diaryl/α,β-unsaturated/α-hetero) is 1. The molecule has 0 N–H and O–H groups in total. The molecule has 0 bridgehead atoms. The molecular formula is C15H22O2S. The molecule has 0 amide bonds. The van der Waals surface area contributed by atoms with Gasteiger partial charge in [0.05, 0.1) is 0 Å². The highest BCUT2D eigenvalue weighted by Gasteiger charge is 2.07. The van der Waals surface area contributed by atoms with Crippen molar-refractivity contribution in [2.24, 2.45) is 5.92 Å². The van der Waals surface area contributed by atoms with Gasteiger partial charge in [-0.25, -0.2) is 0 Å². The molecule has 0 aromatic heterocycles. The number of hydrogen-bond acceptors (Lipinski definition) is 2. The van der Waals surface area contributed by atoms with Gasteiger partial charge in [0.15, 0.2) is 5.78 Å². The molecule has 100 valence electrons. The van der Waals surface area contributed by atoms with E-state index in [0.29, 0.717) is 18.1 Å². The average molecular weight is 266 g/mol. The summed E-state index contributed by atoms with van der Waals surface area (Å²) in [6.45, 7) is 4.27. The van der Waals surface area contributed by atoms with Crippen LogP contribution < -0.4 is 0 Å². The van der Waals surface area contributed by atoms with Crippen molar-refractivity contribution in [3.63, 3.8) is 0 Å². The minimum absolute atomic E-state index is 0.149. The average Bonchev–Trinajstić information content (AvgIpc) is 2.37. The predicted molar refractivity (Wildman–Crippen MR) is 77.3 cm³/mol. The van der Waals surface area contributed by atoms with Crippen LogP contribution in [0, 0.1) is 5.92 Å². The first kappa shape index (κ1) is 15.1. The third-order valence-electron chi connectivity index (χ3n) is 2.79. The van der Waals surface area contributed by atoms with Gasteiger partial charge in [0.25, 0.3) is 0 Å². The van der Waals surface area contributed by atoms with Crippen LogP contribution in [0.2, 0.25) is 0 Å².